The molecule has 2 heterocycles. The number of benzene rings is 1. The third-order valence-electron chi connectivity index (χ3n) is 3.58. The van der Waals surface area contributed by atoms with E-state index in [0.717, 1.165) is 36.8 Å². The molecule has 112 valence electrons. The maximum absolute atomic E-state index is 11.5. The zero-order valence-corrected chi connectivity index (χ0v) is 12.9. The van der Waals surface area contributed by atoms with Crippen LogP contribution in [0, 0.1) is 0 Å². The Morgan fingerprint density at radius 2 is 2.05 bits per heavy atom. The van der Waals surface area contributed by atoms with E-state index >= 15 is 0 Å². The number of fused-ring (bicyclic) bond motifs is 1. The van der Waals surface area contributed by atoms with Crippen LogP contribution in [0.2, 0.25) is 0 Å². The predicted octanol–water partition coefficient (Wildman–Crippen LogP) is 1.98. The second-order valence-corrected chi connectivity index (χ2v) is 6.04. The van der Waals surface area contributed by atoms with Crippen molar-refractivity contribution in [1.29, 1.82) is 0 Å². The third kappa shape index (κ3) is 3.33. The molecule has 3 rings (SSSR count). The van der Waals surface area contributed by atoms with Gasteiger partial charge in [-0.1, -0.05) is 23.5 Å². The molecule has 2 aromatic rings. The Morgan fingerprint density at radius 3 is 2.76 bits per heavy atom. The number of carbonyl (C=O) groups is 1. The molecule has 0 spiro atoms. The van der Waals surface area contributed by atoms with Crippen LogP contribution >= 0.6 is 11.3 Å². The van der Waals surface area contributed by atoms with Crippen LogP contribution in [0.3, 0.4) is 0 Å². The van der Waals surface area contributed by atoms with Crippen molar-refractivity contribution in [2.24, 2.45) is 0 Å². The largest absolute Gasteiger partial charge is 0.465 e. The summed E-state index contributed by atoms with van der Waals surface area (Å²) < 4.78 is 6.22. The molecule has 0 bridgehead atoms. The molecule has 1 aliphatic rings. The topological polar surface area (TPSA) is 45.7 Å². The number of hydrogen-bond donors (Lipinski definition) is 0. The standard InChI is InChI=1S/C15H19N3O2S/c1-2-20-14(19)11-17-7-9-18(10-8-17)15-16-12-5-3-4-6-13(12)21-15/h3-6H,2,7-11H2,1H3. The highest BCUT2D eigenvalue weighted by Gasteiger charge is 2.21. The second kappa shape index (κ2) is 6.41. The van der Waals surface area contributed by atoms with Crippen LogP contribution in [0.25, 0.3) is 10.2 Å². The van der Waals surface area contributed by atoms with Gasteiger partial charge in [0.2, 0.25) is 0 Å². The Morgan fingerprint density at radius 1 is 1.29 bits per heavy atom. The van der Waals surface area contributed by atoms with E-state index in [-0.39, 0.29) is 5.97 Å². The van der Waals surface area contributed by atoms with Gasteiger partial charge in [0.15, 0.2) is 5.13 Å². The fraction of sp³-hybridized carbons (Fsp3) is 0.467. The number of anilines is 1. The Kier molecular flexibility index (Phi) is 4.36. The zero-order chi connectivity index (χ0) is 14.7. The van der Waals surface area contributed by atoms with Gasteiger partial charge in [-0.3, -0.25) is 9.69 Å². The lowest BCUT2D eigenvalue weighted by Crippen LogP contribution is -2.48. The van der Waals surface area contributed by atoms with Crippen LogP contribution in [0.4, 0.5) is 5.13 Å². The molecule has 0 unspecified atom stereocenters. The molecular weight excluding hydrogens is 286 g/mol. The fourth-order valence-corrected chi connectivity index (χ4v) is 3.50. The lowest BCUT2D eigenvalue weighted by Gasteiger charge is -2.33. The molecule has 0 N–H and O–H groups in total. The van der Waals surface area contributed by atoms with Crippen LogP contribution < -0.4 is 4.90 Å². The van der Waals surface area contributed by atoms with Crippen LogP contribution in [0.15, 0.2) is 24.3 Å². The minimum absolute atomic E-state index is 0.133. The number of esters is 1. The SMILES string of the molecule is CCOC(=O)CN1CCN(c2nc3ccccc3s2)CC1. The van der Waals surface area contributed by atoms with Crippen molar-refractivity contribution >= 4 is 32.7 Å². The second-order valence-electron chi connectivity index (χ2n) is 5.03. The van der Waals surface area contributed by atoms with E-state index < -0.39 is 0 Å². The minimum atomic E-state index is -0.133. The van der Waals surface area contributed by atoms with Crippen molar-refractivity contribution in [3.63, 3.8) is 0 Å². The molecule has 0 atom stereocenters. The van der Waals surface area contributed by atoms with Gasteiger partial charge < -0.3 is 9.64 Å². The van der Waals surface area contributed by atoms with E-state index in [1.165, 1.54) is 4.70 Å². The minimum Gasteiger partial charge on any atom is -0.465 e. The summed E-state index contributed by atoms with van der Waals surface area (Å²) in [5, 5.41) is 1.08. The van der Waals surface area contributed by atoms with E-state index in [4.69, 9.17) is 4.74 Å². The third-order valence-corrected chi connectivity index (χ3v) is 4.68. The molecule has 1 aliphatic heterocycles. The Balaban J connectivity index is 1.59. The van der Waals surface area contributed by atoms with Crippen molar-refractivity contribution < 1.29 is 9.53 Å². The summed E-state index contributed by atoms with van der Waals surface area (Å²) in [6.07, 6.45) is 0. The Hall–Kier alpha value is -1.66. The first-order valence-corrected chi connectivity index (χ1v) is 8.06. The quantitative estimate of drug-likeness (QED) is 0.808. The van der Waals surface area contributed by atoms with Gasteiger partial charge in [0.1, 0.15) is 0 Å². The number of nitrogens with zero attached hydrogens (tertiary/aromatic N) is 3. The number of carbonyl (C=O) groups excluding carboxylic acids is 1. The lowest BCUT2D eigenvalue weighted by molar-refractivity contribution is -0.144. The molecule has 1 aromatic carbocycles. The van der Waals surface area contributed by atoms with Crippen molar-refractivity contribution in [3.8, 4) is 0 Å². The molecule has 0 radical (unpaired) electrons. The summed E-state index contributed by atoms with van der Waals surface area (Å²) in [6, 6.07) is 8.21. The zero-order valence-electron chi connectivity index (χ0n) is 12.1. The smallest absolute Gasteiger partial charge is 0.320 e. The normalized spacial score (nSPS) is 16.3. The summed E-state index contributed by atoms with van der Waals surface area (Å²) in [5.74, 6) is -0.133. The number of rotatable bonds is 4. The number of para-hydroxylation sites is 1. The lowest BCUT2D eigenvalue weighted by atomic mass is 10.3. The summed E-state index contributed by atoms with van der Waals surface area (Å²) in [7, 11) is 0. The van der Waals surface area contributed by atoms with E-state index in [2.05, 4.69) is 20.9 Å². The molecule has 1 saturated heterocycles. The molecule has 21 heavy (non-hydrogen) atoms. The number of aromatic nitrogens is 1. The molecule has 5 nitrogen and oxygen atoms in total. The van der Waals surface area contributed by atoms with Crippen molar-refractivity contribution in [3.05, 3.63) is 24.3 Å². The van der Waals surface area contributed by atoms with Gasteiger partial charge in [0, 0.05) is 26.2 Å². The summed E-state index contributed by atoms with van der Waals surface area (Å²) in [6.45, 7) is 6.22. The number of thiazole rings is 1. The highest BCUT2D eigenvalue weighted by molar-refractivity contribution is 7.22. The van der Waals surface area contributed by atoms with Gasteiger partial charge in [-0.05, 0) is 19.1 Å². The predicted molar refractivity (Wildman–Crippen MR) is 84.9 cm³/mol. The van der Waals surface area contributed by atoms with Gasteiger partial charge in [0.05, 0.1) is 23.4 Å². The Labute approximate surface area is 128 Å². The highest BCUT2D eigenvalue weighted by Crippen LogP contribution is 2.28. The van der Waals surface area contributed by atoms with Gasteiger partial charge >= 0.3 is 5.97 Å². The summed E-state index contributed by atoms with van der Waals surface area (Å²) in [5.41, 5.74) is 1.06. The molecule has 0 amide bonds. The number of piperazine rings is 1. The summed E-state index contributed by atoms with van der Waals surface area (Å²) in [4.78, 5) is 20.6. The van der Waals surface area contributed by atoms with Crippen molar-refractivity contribution in [1.82, 2.24) is 9.88 Å². The van der Waals surface area contributed by atoms with Crippen molar-refractivity contribution in [2.75, 3.05) is 44.2 Å². The van der Waals surface area contributed by atoms with Gasteiger partial charge in [0.25, 0.3) is 0 Å². The average Bonchev–Trinajstić information content (AvgIpc) is 2.92. The molecule has 0 saturated carbocycles. The van der Waals surface area contributed by atoms with E-state index in [1.54, 1.807) is 11.3 Å². The average molecular weight is 305 g/mol. The fourth-order valence-electron chi connectivity index (χ4n) is 2.48. The van der Waals surface area contributed by atoms with E-state index in [0.29, 0.717) is 13.2 Å². The Bertz CT molecular complexity index is 587. The molecule has 0 aliphatic carbocycles. The van der Waals surface area contributed by atoms with E-state index in [9.17, 15) is 4.79 Å². The van der Waals surface area contributed by atoms with Gasteiger partial charge in [-0.2, -0.15) is 0 Å². The summed E-state index contributed by atoms with van der Waals surface area (Å²) >= 11 is 1.73. The van der Waals surface area contributed by atoms with Crippen molar-refractivity contribution in [2.45, 2.75) is 6.92 Å². The monoisotopic (exact) mass is 305 g/mol. The first-order valence-electron chi connectivity index (χ1n) is 7.25. The van der Waals surface area contributed by atoms with Gasteiger partial charge in [-0.25, -0.2) is 4.98 Å². The maximum atomic E-state index is 11.5. The first-order chi connectivity index (χ1) is 10.3. The molecular formula is C15H19N3O2S. The number of ether oxygens (including phenoxy) is 1. The van der Waals surface area contributed by atoms with Crippen LogP contribution in [-0.4, -0.2) is 55.2 Å². The molecule has 6 heteroatoms. The van der Waals surface area contributed by atoms with E-state index in [1.807, 2.05) is 25.1 Å². The van der Waals surface area contributed by atoms with Crippen LogP contribution in [-0.2, 0) is 9.53 Å². The molecule has 1 fully saturated rings. The van der Waals surface area contributed by atoms with Crippen LogP contribution in [0.5, 0.6) is 0 Å². The number of hydrogen-bond acceptors (Lipinski definition) is 6. The van der Waals surface area contributed by atoms with Gasteiger partial charge in [-0.15, -0.1) is 0 Å². The highest BCUT2D eigenvalue weighted by atomic mass is 32.1. The first kappa shape index (κ1) is 14.3. The maximum Gasteiger partial charge on any atom is 0.320 e. The molecule has 1 aromatic heterocycles. The van der Waals surface area contributed by atoms with Crippen LogP contribution in [0.1, 0.15) is 6.92 Å².